The summed E-state index contributed by atoms with van der Waals surface area (Å²) in [7, 11) is 1.76. The van der Waals surface area contributed by atoms with Crippen molar-refractivity contribution in [2.75, 3.05) is 26.7 Å². The number of carbonyl (C=O) groups excluding carboxylic acids is 1. The van der Waals surface area contributed by atoms with Gasteiger partial charge >= 0.3 is 0 Å². The number of nitro benzene ring substituents is 1. The summed E-state index contributed by atoms with van der Waals surface area (Å²) in [6, 6.07) is 11.9. The first-order valence-corrected chi connectivity index (χ1v) is 9.17. The van der Waals surface area contributed by atoms with Gasteiger partial charge in [0.15, 0.2) is 0 Å². The summed E-state index contributed by atoms with van der Waals surface area (Å²) in [4.78, 5) is 32.2. The van der Waals surface area contributed by atoms with Crippen LogP contribution in [0.1, 0.15) is 30.1 Å². The van der Waals surface area contributed by atoms with E-state index in [1.807, 2.05) is 18.2 Å². The summed E-state index contributed by atoms with van der Waals surface area (Å²) in [6.07, 6.45) is 4.06. The number of likely N-dealkylation sites (N-methyl/N-ethyl adjacent to an activating group) is 1. The van der Waals surface area contributed by atoms with Crippen molar-refractivity contribution in [2.45, 2.75) is 25.3 Å². The van der Waals surface area contributed by atoms with Crippen molar-refractivity contribution in [2.24, 2.45) is 0 Å². The molecule has 1 fully saturated rings. The standard InChI is InChI=1S/C20H24N4O3/c1-22(20(25)14-16-8-2-3-10-18(16)24(26)27)19(15-23-12-6-7-13-23)17-9-4-5-11-21-17/h2-5,8-11,19H,6-7,12-15H2,1H3. The molecule has 0 N–H and O–H groups in total. The van der Waals surface area contributed by atoms with Gasteiger partial charge in [0, 0.05) is 31.4 Å². The highest BCUT2D eigenvalue weighted by molar-refractivity contribution is 5.80. The Morgan fingerprint density at radius 1 is 1.22 bits per heavy atom. The topological polar surface area (TPSA) is 79.6 Å². The molecule has 1 amide bonds. The number of para-hydroxylation sites is 1. The predicted molar refractivity (Wildman–Crippen MR) is 102 cm³/mol. The smallest absolute Gasteiger partial charge is 0.273 e. The highest BCUT2D eigenvalue weighted by Gasteiger charge is 2.27. The van der Waals surface area contributed by atoms with Gasteiger partial charge in [-0.1, -0.05) is 24.3 Å². The molecule has 27 heavy (non-hydrogen) atoms. The first-order valence-electron chi connectivity index (χ1n) is 9.17. The minimum Gasteiger partial charge on any atom is -0.336 e. The summed E-state index contributed by atoms with van der Waals surface area (Å²) >= 11 is 0. The zero-order valence-corrected chi connectivity index (χ0v) is 15.5. The van der Waals surface area contributed by atoms with Crippen molar-refractivity contribution in [1.82, 2.24) is 14.8 Å². The van der Waals surface area contributed by atoms with Crippen LogP contribution < -0.4 is 0 Å². The lowest BCUT2D eigenvalue weighted by Gasteiger charge is -2.31. The van der Waals surface area contributed by atoms with Gasteiger partial charge in [-0.3, -0.25) is 19.9 Å². The monoisotopic (exact) mass is 368 g/mol. The third-order valence-electron chi connectivity index (χ3n) is 5.05. The lowest BCUT2D eigenvalue weighted by molar-refractivity contribution is -0.385. The second-order valence-electron chi connectivity index (χ2n) is 6.85. The second kappa shape index (κ2) is 8.73. The number of pyridine rings is 1. The van der Waals surface area contributed by atoms with Gasteiger partial charge in [0.2, 0.25) is 5.91 Å². The predicted octanol–water partition coefficient (Wildman–Crippen LogP) is 2.83. The van der Waals surface area contributed by atoms with Gasteiger partial charge in [0.1, 0.15) is 0 Å². The third kappa shape index (κ3) is 4.68. The van der Waals surface area contributed by atoms with E-state index in [-0.39, 0.29) is 24.1 Å². The maximum atomic E-state index is 12.9. The molecular weight excluding hydrogens is 344 g/mol. The van der Waals surface area contributed by atoms with E-state index in [0.717, 1.165) is 25.3 Å². The number of rotatable bonds is 7. The highest BCUT2D eigenvalue weighted by atomic mass is 16.6. The average Bonchev–Trinajstić information content (AvgIpc) is 3.20. The molecule has 1 unspecified atom stereocenters. The van der Waals surface area contributed by atoms with Crippen LogP contribution in [0, 0.1) is 10.1 Å². The number of benzene rings is 1. The molecule has 1 aromatic heterocycles. The van der Waals surface area contributed by atoms with Crippen molar-refractivity contribution in [3.8, 4) is 0 Å². The normalized spacial score (nSPS) is 15.4. The zero-order chi connectivity index (χ0) is 19.2. The van der Waals surface area contributed by atoms with Crippen LogP contribution >= 0.6 is 0 Å². The molecule has 1 aliphatic heterocycles. The van der Waals surface area contributed by atoms with Crippen molar-refractivity contribution < 1.29 is 9.72 Å². The summed E-state index contributed by atoms with van der Waals surface area (Å²) in [5, 5.41) is 11.2. The van der Waals surface area contributed by atoms with Crippen LogP contribution in [-0.2, 0) is 11.2 Å². The van der Waals surface area contributed by atoms with Gasteiger partial charge < -0.3 is 9.80 Å². The summed E-state index contributed by atoms with van der Waals surface area (Å²) in [5.41, 5.74) is 1.25. The Morgan fingerprint density at radius 2 is 1.93 bits per heavy atom. The lowest BCUT2D eigenvalue weighted by atomic mass is 10.1. The molecule has 7 nitrogen and oxygen atoms in total. The molecular formula is C20H24N4O3. The fraction of sp³-hybridized carbons (Fsp3) is 0.400. The number of aromatic nitrogens is 1. The fourth-order valence-electron chi connectivity index (χ4n) is 3.50. The summed E-state index contributed by atoms with van der Waals surface area (Å²) < 4.78 is 0. The largest absolute Gasteiger partial charge is 0.336 e. The van der Waals surface area contributed by atoms with Crippen molar-refractivity contribution in [3.05, 3.63) is 70.0 Å². The van der Waals surface area contributed by atoms with E-state index in [4.69, 9.17) is 0 Å². The SMILES string of the molecule is CN(C(=O)Cc1ccccc1[N+](=O)[O-])C(CN1CCCC1)c1ccccn1. The molecule has 0 radical (unpaired) electrons. The molecule has 0 bridgehead atoms. The molecule has 1 atom stereocenters. The van der Waals surface area contributed by atoms with E-state index in [1.165, 1.54) is 18.9 Å². The van der Waals surface area contributed by atoms with Gasteiger partial charge in [-0.05, 0) is 38.1 Å². The first kappa shape index (κ1) is 19.0. The Balaban J connectivity index is 1.79. The molecule has 1 aliphatic rings. The molecule has 1 saturated heterocycles. The van der Waals surface area contributed by atoms with Gasteiger partial charge in [0.25, 0.3) is 5.69 Å². The Bertz CT molecular complexity index is 791. The molecule has 0 spiro atoms. The Kier molecular flexibility index (Phi) is 6.13. The molecule has 2 aromatic rings. The quantitative estimate of drug-likeness (QED) is 0.555. The number of likely N-dealkylation sites (tertiary alicyclic amines) is 1. The minimum atomic E-state index is -0.441. The maximum Gasteiger partial charge on any atom is 0.273 e. The van der Waals surface area contributed by atoms with E-state index >= 15 is 0 Å². The van der Waals surface area contributed by atoms with E-state index in [9.17, 15) is 14.9 Å². The molecule has 0 saturated carbocycles. The van der Waals surface area contributed by atoms with Crippen LogP contribution in [0.5, 0.6) is 0 Å². The van der Waals surface area contributed by atoms with Crippen LogP contribution in [0.15, 0.2) is 48.7 Å². The Hall–Kier alpha value is -2.80. The summed E-state index contributed by atoms with van der Waals surface area (Å²) in [6.45, 7) is 2.77. The number of carbonyl (C=O) groups is 1. The number of hydrogen-bond donors (Lipinski definition) is 0. The number of nitrogens with zero attached hydrogens (tertiary/aromatic N) is 4. The molecule has 0 aliphatic carbocycles. The third-order valence-corrected chi connectivity index (χ3v) is 5.05. The van der Waals surface area contributed by atoms with Crippen LogP contribution in [0.2, 0.25) is 0 Å². The second-order valence-corrected chi connectivity index (χ2v) is 6.85. The Morgan fingerprint density at radius 3 is 2.59 bits per heavy atom. The molecule has 2 heterocycles. The number of hydrogen-bond acceptors (Lipinski definition) is 5. The van der Waals surface area contributed by atoms with Crippen molar-refractivity contribution >= 4 is 11.6 Å². The molecule has 142 valence electrons. The molecule has 3 rings (SSSR count). The summed E-state index contributed by atoms with van der Waals surface area (Å²) in [5.74, 6) is -0.154. The average molecular weight is 368 g/mol. The van der Waals surface area contributed by atoms with E-state index in [2.05, 4.69) is 9.88 Å². The molecule has 1 aromatic carbocycles. The van der Waals surface area contributed by atoms with Gasteiger partial charge in [-0.25, -0.2) is 0 Å². The number of nitro groups is 1. The lowest BCUT2D eigenvalue weighted by Crippen LogP contribution is -2.39. The van der Waals surface area contributed by atoms with Crippen LogP contribution in [-0.4, -0.2) is 52.3 Å². The van der Waals surface area contributed by atoms with E-state index in [1.54, 1.807) is 36.3 Å². The van der Waals surface area contributed by atoms with Gasteiger partial charge in [-0.2, -0.15) is 0 Å². The van der Waals surface area contributed by atoms with Crippen LogP contribution in [0.3, 0.4) is 0 Å². The maximum absolute atomic E-state index is 12.9. The van der Waals surface area contributed by atoms with Gasteiger partial charge in [-0.15, -0.1) is 0 Å². The fourth-order valence-corrected chi connectivity index (χ4v) is 3.50. The van der Waals surface area contributed by atoms with Crippen LogP contribution in [0.25, 0.3) is 0 Å². The first-order chi connectivity index (χ1) is 13.1. The molecule has 7 heteroatoms. The van der Waals surface area contributed by atoms with Crippen LogP contribution in [0.4, 0.5) is 5.69 Å². The zero-order valence-electron chi connectivity index (χ0n) is 15.5. The van der Waals surface area contributed by atoms with E-state index < -0.39 is 4.92 Å². The van der Waals surface area contributed by atoms with E-state index in [0.29, 0.717) is 5.56 Å². The Labute approximate surface area is 158 Å². The van der Waals surface area contributed by atoms with Gasteiger partial charge in [0.05, 0.1) is 23.1 Å². The van der Waals surface area contributed by atoms with Crippen molar-refractivity contribution in [3.63, 3.8) is 0 Å². The van der Waals surface area contributed by atoms with Crippen molar-refractivity contribution in [1.29, 1.82) is 0 Å². The number of amides is 1. The highest BCUT2D eigenvalue weighted by Crippen LogP contribution is 2.24. The minimum absolute atomic E-state index is 0.00299.